The first kappa shape index (κ1) is 20.5. The minimum absolute atomic E-state index is 0.222. The molecule has 1 fully saturated rings. The van der Waals surface area contributed by atoms with E-state index in [0.29, 0.717) is 16.8 Å². The maximum atomic E-state index is 12.8. The summed E-state index contributed by atoms with van der Waals surface area (Å²) in [6, 6.07) is 25.0. The van der Waals surface area contributed by atoms with Crippen LogP contribution in [0.5, 0.6) is 0 Å². The van der Waals surface area contributed by atoms with Crippen molar-refractivity contribution >= 4 is 23.3 Å². The van der Waals surface area contributed by atoms with E-state index in [2.05, 4.69) is 5.32 Å². The van der Waals surface area contributed by atoms with E-state index >= 15 is 0 Å². The van der Waals surface area contributed by atoms with E-state index in [1.54, 1.807) is 48.5 Å². The summed E-state index contributed by atoms with van der Waals surface area (Å²) < 4.78 is 5.41. The lowest BCUT2D eigenvalue weighted by Crippen LogP contribution is -2.44. The molecule has 156 valence electrons. The molecule has 0 atom stereocenters. The van der Waals surface area contributed by atoms with Crippen LogP contribution in [-0.2, 0) is 14.9 Å². The van der Waals surface area contributed by atoms with Gasteiger partial charge in [-0.3, -0.25) is 14.4 Å². The van der Waals surface area contributed by atoms with Gasteiger partial charge in [-0.1, -0.05) is 55.0 Å². The lowest BCUT2D eigenvalue weighted by atomic mass is 9.64. The fourth-order valence-corrected chi connectivity index (χ4v) is 3.78. The Labute approximate surface area is 181 Å². The quantitative estimate of drug-likeness (QED) is 0.447. The minimum atomic E-state index is -0.632. The summed E-state index contributed by atoms with van der Waals surface area (Å²) in [5.74, 6) is -0.845. The highest BCUT2D eigenvalue weighted by molar-refractivity contribution is 6.04. The molecule has 31 heavy (non-hydrogen) atoms. The van der Waals surface area contributed by atoms with Crippen molar-refractivity contribution in [3.63, 3.8) is 0 Å². The molecule has 4 rings (SSSR count). The third-order valence-electron chi connectivity index (χ3n) is 5.76. The Kier molecular flexibility index (Phi) is 5.94. The van der Waals surface area contributed by atoms with Crippen molar-refractivity contribution in [1.29, 1.82) is 0 Å². The Balaban J connectivity index is 1.35. The Morgan fingerprint density at radius 2 is 1.39 bits per heavy atom. The van der Waals surface area contributed by atoms with Crippen molar-refractivity contribution < 1.29 is 19.1 Å². The maximum absolute atomic E-state index is 12.8. The first-order valence-corrected chi connectivity index (χ1v) is 10.3. The van der Waals surface area contributed by atoms with Gasteiger partial charge in [-0.2, -0.15) is 0 Å². The summed E-state index contributed by atoms with van der Waals surface area (Å²) in [7, 11) is 0. The van der Waals surface area contributed by atoms with Crippen LogP contribution in [0, 0.1) is 0 Å². The summed E-state index contributed by atoms with van der Waals surface area (Å²) in [4.78, 5) is 37.5. The average Bonchev–Trinajstić information content (AvgIpc) is 2.78. The van der Waals surface area contributed by atoms with E-state index in [1.165, 1.54) is 0 Å². The van der Waals surface area contributed by atoms with Gasteiger partial charge in [-0.25, -0.2) is 0 Å². The first-order chi connectivity index (χ1) is 15.1. The van der Waals surface area contributed by atoms with Crippen molar-refractivity contribution in [2.75, 3.05) is 11.9 Å². The van der Waals surface area contributed by atoms with Crippen molar-refractivity contribution in [3.8, 4) is 0 Å². The Morgan fingerprint density at radius 1 is 0.774 bits per heavy atom. The zero-order valence-corrected chi connectivity index (χ0v) is 17.0. The van der Waals surface area contributed by atoms with Gasteiger partial charge in [0, 0.05) is 16.8 Å². The van der Waals surface area contributed by atoms with Crippen molar-refractivity contribution in [3.05, 3.63) is 102 Å². The van der Waals surface area contributed by atoms with Gasteiger partial charge in [0.2, 0.25) is 0 Å². The molecule has 1 aliphatic carbocycles. The molecule has 1 aliphatic rings. The van der Waals surface area contributed by atoms with Crippen molar-refractivity contribution in [2.24, 2.45) is 0 Å². The number of ether oxygens (including phenoxy) is 1. The van der Waals surface area contributed by atoms with E-state index < -0.39 is 5.41 Å². The number of hydrogen-bond donors (Lipinski definition) is 1. The molecule has 3 aromatic carbocycles. The number of hydrogen-bond acceptors (Lipinski definition) is 4. The highest BCUT2D eigenvalue weighted by atomic mass is 16.5. The number of benzene rings is 3. The molecule has 5 nitrogen and oxygen atoms in total. The molecule has 0 unspecified atom stereocenters. The number of anilines is 1. The number of carbonyl (C=O) groups is 3. The zero-order valence-electron chi connectivity index (χ0n) is 17.0. The molecule has 0 radical (unpaired) electrons. The highest BCUT2D eigenvalue weighted by Gasteiger charge is 2.47. The molecule has 1 saturated carbocycles. The van der Waals surface area contributed by atoms with Gasteiger partial charge in [-0.05, 0) is 54.8 Å². The maximum Gasteiger partial charge on any atom is 0.317 e. The number of esters is 1. The SMILES string of the molecule is O=C(COC(=O)C1(c2ccccc2)CCC1)c1ccc(NC(=O)c2ccccc2)cc1. The van der Waals surface area contributed by atoms with Crippen LogP contribution >= 0.6 is 0 Å². The van der Waals surface area contributed by atoms with Gasteiger partial charge < -0.3 is 10.1 Å². The fourth-order valence-electron chi connectivity index (χ4n) is 3.78. The van der Waals surface area contributed by atoms with E-state index in [1.807, 2.05) is 36.4 Å². The van der Waals surface area contributed by atoms with Gasteiger partial charge in [0.05, 0.1) is 5.41 Å². The number of Topliss-reactive ketones (excluding diaryl/α,β-unsaturated/α-hetero) is 1. The van der Waals surface area contributed by atoms with Crippen LogP contribution in [-0.4, -0.2) is 24.3 Å². The van der Waals surface area contributed by atoms with E-state index in [-0.39, 0.29) is 24.3 Å². The molecule has 0 heterocycles. The minimum Gasteiger partial charge on any atom is -0.457 e. The van der Waals surface area contributed by atoms with E-state index in [4.69, 9.17) is 4.74 Å². The number of amides is 1. The monoisotopic (exact) mass is 413 g/mol. The highest BCUT2D eigenvalue weighted by Crippen LogP contribution is 2.44. The van der Waals surface area contributed by atoms with Crippen LogP contribution in [0.2, 0.25) is 0 Å². The van der Waals surface area contributed by atoms with Gasteiger partial charge in [-0.15, -0.1) is 0 Å². The molecular weight excluding hydrogens is 390 g/mol. The molecule has 1 N–H and O–H groups in total. The predicted octanol–water partition coefficient (Wildman–Crippen LogP) is 4.79. The second-order valence-corrected chi connectivity index (χ2v) is 7.70. The van der Waals surface area contributed by atoms with E-state index in [0.717, 1.165) is 24.8 Å². The van der Waals surface area contributed by atoms with E-state index in [9.17, 15) is 14.4 Å². The Bertz CT molecular complexity index is 1070. The lowest BCUT2D eigenvalue weighted by Gasteiger charge is -2.39. The molecule has 3 aromatic rings. The van der Waals surface area contributed by atoms with Gasteiger partial charge in [0.15, 0.2) is 12.4 Å². The molecule has 1 amide bonds. The van der Waals surface area contributed by atoms with Crippen LogP contribution in [0.25, 0.3) is 0 Å². The molecule has 0 saturated heterocycles. The molecular formula is C26H23NO4. The fraction of sp³-hybridized carbons (Fsp3) is 0.192. The number of carbonyl (C=O) groups excluding carboxylic acids is 3. The Morgan fingerprint density at radius 3 is 1.97 bits per heavy atom. The molecule has 0 aromatic heterocycles. The largest absolute Gasteiger partial charge is 0.457 e. The van der Waals surface area contributed by atoms with Crippen LogP contribution in [0.4, 0.5) is 5.69 Å². The number of rotatable bonds is 7. The summed E-state index contributed by atoms with van der Waals surface area (Å²) in [6.45, 7) is -0.302. The van der Waals surface area contributed by atoms with Crippen molar-refractivity contribution in [2.45, 2.75) is 24.7 Å². The normalized spacial score (nSPS) is 14.2. The zero-order chi connectivity index (χ0) is 21.7. The third kappa shape index (κ3) is 4.40. The third-order valence-corrected chi connectivity index (χ3v) is 5.76. The topological polar surface area (TPSA) is 72.5 Å². The molecule has 0 aliphatic heterocycles. The molecule has 0 spiro atoms. The Hall–Kier alpha value is -3.73. The van der Waals surface area contributed by atoms with Crippen LogP contribution in [0.1, 0.15) is 45.5 Å². The van der Waals surface area contributed by atoms with Gasteiger partial charge >= 0.3 is 5.97 Å². The number of ketones is 1. The summed E-state index contributed by atoms with van der Waals surface area (Å²) in [5.41, 5.74) is 1.87. The summed E-state index contributed by atoms with van der Waals surface area (Å²) in [6.07, 6.45) is 2.44. The molecule has 0 bridgehead atoms. The average molecular weight is 413 g/mol. The lowest BCUT2D eigenvalue weighted by molar-refractivity contribution is -0.153. The molecule has 5 heteroatoms. The van der Waals surface area contributed by atoms with Crippen molar-refractivity contribution in [1.82, 2.24) is 0 Å². The van der Waals surface area contributed by atoms with Gasteiger partial charge in [0.1, 0.15) is 0 Å². The number of nitrogens with one attached hydrogen (secondary N) is 1. The second-order valence-electron chi connectivity index (χ2n) is 7.70. The van der Waals surface area contributed by atoms with Crippen LogP contribution in [0.15, 0.2) is 84.9 Å². The second kappa shape index (κ2) is 8.96. The smallest absolute Gasteiger partial charge is 0.317 e. The predicted molar refractivity (Wildman–Crippen MR) is 118 cm³/mol. The van der Waals surface area contributed by atoms with Gasteiger partial charge in [0.25, 0.3) is 5.91 Å². The standard InChI is InChI=1S/C26H23NO4/c28-23(18-31-25(30)26(16-7-17-26)21-10-5-2-6-11-21)19-12-14-22(15-13-19)27-24(29)20-8-3-1-4-9-20/h1-6,8-15H,7,16-18H2,(H,27,29). The van der Waals surface area contributed by atoms with Crippen LogP contribution in [0.3, 0.4) is 0 Å². The summed E-state index contributed by atoms with van der Waals surface area (Å²) >= 11 is 0. The van der Waals surface area contributed by atoms with Crippen LogP contribution < -0.4 is 5.32 Å². The summed E-state index contributed by atoms with van der Waals surface area (Å²) in [5, 5.41) is 2.79. The first-order valence-electron chi connectivity index (χ1n) is 10.3.